The SMILES string of the molecule is O=C(CC1CCCCN(Cc2ccccc2)C1=O)N1CCN(c2cccc(Cl)c2)CC1. The van der Waals surface area contributed by atoms with E-state index in [0.717, 1.165) is 55.2 Å². The van der Waals surface area contributed by atoms with Crippen molar-refractivity contribution in [1.29, 1.82) is 0 Å². The summed E-state index contributed by atoms with van der Waals surface area (Å²) < 4.78 is 0. The van der Waals surface area contributed by atoms with E-state index in [1.54, 1.807) is 0 Å². The van der Waals surface area contributed by atoms with Gasteiger partial charge in [0.25, 0.3) is 0 Å². The average Bonchev–Trinajstić information content (AvgIpc) is 2.96. The average molecular weight is 440 g/mol. The predicted molar refractivity (Wildman–Crippen MR) is 124 cm³/mol. The fraction of sp³-hybridized carbons (Fsp3) is 0.440. The Labute approximate surface area is 189 Å². The molecule has 6 heteroatoms. The molecule has 0 aromatic heterocycles. The zero-order chi connectivity index (χ0) is 21.6. The van der Waals surface area contributed by atoms with Gasteiger partial charge in [-0.25, -0.2) is 0 Å². The number of carbonyl (C=O) groups is 2. The highest BCUT2D eigenvalue weighted by atomic mass is 35.5. The van der Waals surface area contributed by atoms with E-state index >= 15 is 0 Å². The lowest BCUT2D eigenvalue weighted by Gasteiger charge is -2.36. The van der Waals surface area contributed by atoms with Gasteiger partial charge in [0.1, 0.15) is 0 Å². The molecule has 0 N–H and O–H groups in total. The number of benzene rings is 2. The molecule has 0 spiro atoms. The number of anilines is 1. The van der Waals surface area contributed by atoms with Crippen molar-refractivity contribution in [1.82, 2.24) is 9.80 Å². The van der Waals surface area contributed by atoms with Crippen LogP contribution in [-0.2, 0) is 16.1 Å². The number of rotatable bonds is 5. The maximum Gasteiger partial charge on any atom is 0.226 e. The van der Waals surface area contributed by atoms with Crippen LogP contribution < -0.4 is 4.90 Å². The van der Waals surface area contributed by atoms with Gasteiger partial charge in [-0.05, 0) is 36.6 Å². The van der Waals surface area contributed by atoms with Gasteiger partial charge in [-0.2, -0.15) is 0 Å². The first-order valence-electron chi connectivity index (χ1n) is 11.2. The highest BCUT2D eigenvalue weighted by Crippen LogP contribution is 2.25. The summed E-state index contributed by atoms with van der Waals surface area (Å²) in [5, 5.41) is 0.725. The first kappa shape index (κ1) is 21.7. The van der Waals surface area contributed by atoms with Gasteiger partial charge >= 0.3 is 0 Å². The molecule has 2 aromatic rings. The summed E-state index contributed by atoms with van der Waals surface area (Å²) in [5.41, 5.74) is 2.23. The van der Waals surface area contributed by atoms with Gasteiger partial charge in [0.05, 0.1) is 0 Å². The van der Waals surface area contributed by atoms with Gasteiger partial charge in [-0.3, -0.25) is 9.59 Å². The van der Waals surface area contributed by atoms with Crippen LogP contribution in [0.2, 0.25) is 5.02 Å². The van der Waals surface area contributed by atoms with Crippen LogP contribution in [0.25, 0.3) is 0 Å². The Morgan fingerprint density at radius 3 is 2.45 bits per heavy atom. The molecule has 2 heterocycles. The van der Waals surface area contributed by atoms with Gasteiger partial charge in [0, 0.05) is 62.3 Å². The molecular formula is C25H30ClN3O2. The van der Waals surface area contributed by atoms with Crippen LogP contribution >= 0.6 is 11.6 Å². The summed E-state index contributed by atoms with van der Waals surface area (Å²) in [6.07, 6.45) is 3.12. The van der Waals surface area contributed by atoms with E-state index in [2.05, 4.69) is 23.1 Å². The van der Waals surface area contributed by atoms with Crippen LogP contribution in [0.1, 0.15) is 31.2 Å². The Kier molecular flexibility index (Phi) is 7.13. The molecule has 2 amide bonds. The summed E-state index contributed by atoms with van der Waals surface area (Å²) in [4.78, 5) is 32.3. The third-order valence-electron chi connectivity index (χ3n) is 6.33. The standard InChI is InChI=1S/C25H30ClN3O2/c26-22-10-6-11-23(18-22)27-13-15-28(16-14-27)24(30)17-21-9-4-5-12-29(25(21)31)19-20-7-2-1-3-8-20/h1-3,6-8,10-11,18,21H,4-5,9,12-17,19H2. The minimum Gasteiger partial charge on any atom is -0.368 e. The first-order chi connectivity index (χ1) is 15.1. The molecule has 2 aromatic carbocycles. The van der Waals surface area contributed by atoms with Crippen LogP contribution in [0.4, 0.5) is 5.69 Å². The van der Waals surface area contributed by atoms with Crippen molar-refractivity contribution in [3.63, 3.8) is 0 Å². The van der Waals surface area contributed by atoms with E-state index in [4.69, 9.17) is 11.6 Å². The number of nitrogens with zero attached hydrogens (tertiary/aromatic N) is 3. The van der Waals surface area contributed by atoms with Gasteiger partial charge in [-0.15, -0.1) is 0 Å². The largest absolute Gasteiger partial charge is 0.368 e. The number of carbonyl (C=O) groups excluding carboxylic acids is 2. The molecule has 1 atom stereocenters. The molecule has 2 fully saturated rings. The maximum absolute atomic E-state index is 13.2. The molecule has 2 aliphatic rings. The fourth-order valence-corrected chi connectivity index (χ4v) is 4.75. The molecule has 0 aliphatic carbocycles. The molecule has 0 radical (unpaired) electrons. The van der Waals surface area contributed by atoms with E-state index in [1.165, 1.54) is 0 Å². The van der Waals surface area contributed by atoms with Crippen LogP contribution in [0.3, 0.4) is 0 Å². The van der Waals surface area contributed by atoms with Crippen molar-refractivity contribution in [3.05, 3.63) is 65.2 Å². The second-order valence-corrected chi connectivity index (χ2v) is 8.93. The van der Waals surface area contributed by atoms with Gasteiger partial charge in [-0.1, -0.05) is 54.4 Å². The smallest absolute Gasteiger partial charge is 0.226 e. The van der Waals surface area contributed by atoms with Crippen molar-refractivity contribution >= 4 is 29.1 Å². The number of halogens is 1. The molecular weight excluding hydrogens is 410 g/mol. The Hall–Kier alpha value is -2.53. The second kappa shape index (κ2) is 10.2. The second-order valence-electron chi connectivity index (χ2n) is 8.49. The lowest BCUT2D eigenvalue weighted by atomic mass is 9.97. The molecule has 164 valence electrons. The molecule has 4 rings (SSSR count). The van der Waals surface area contributed by atoms with Crippen LogP contribution in [0, 0.1) is 5.92 Å². The van der Waals surface area contributed by atoms with E-state index in [-0.39, 0.29) is 17.7 Å². The van der Waals surface area contributed by atoms with E-state index in [1.807, 2.05) is 46.2 Å². The third-order valence-corrected chi connectivity index (χ3v) is 6.57. The quantitative estimate of drug-likeness (QED) is 0.701. The molecule has 5 nitrogen and oxygen atoms in total. The minimum atomic E-state index is -0.204. The van der Waals surface area contributed by atoms with Crippen molar-refractivity contribution < 1.29 is 9.59 Å². The Morgan fingerprint density at radius 1 is 0.935 bits per heavy atom. The van der Waals surface area contributed by atoms with E-state index in [9.17, 15) is 9.59 Å². The van der Waals surface area contributed by atoms with Gasteiger partial charge in [0.15, 0.2) is 0 Å². The van der Waals surface area contributed by atoms with Gasteiger partial charge in [0.2, 0.25) is 11.8 Å². The summed E-state index contributed by atoms with van der Waals surface area (Å²) >= 11 is 6.11. The summed E-state index contributed by atoms with van der Waals surface area (Å²) in [6.45, 7) is 4.33. The van der Waals surface area contributed by atoms with Crippen LogP contribution in [-0.4, -0.2) is 54.3 Å². The van der Waals surface area contributed by atoms with Crippen molar-refractivity contribution in [2.45, 2.75) is 32.2 Å². The molecule has 2 aliphatic heterocycles. The van der Waals surface area contributed by atoms with Crippen LogP contribution in [0.15, 0.2) is 54.6 Å². The number of piperazine rings is 1. The summed E-state index contributed by atoms with van der Waals surface area (Å²) in [5.74, 6) is 0.0302. The highest BCUT2D eigenvalue weighted by molar-refractivity contribution is 6.30. The van der Waals surface area contributed by atoms with Crippen molar-refractivity contribution in [3.8, 4) is 0 Å². The monoisotopic (exact) mass is 439 g/mol. The third kappa shape index (κ3) is 5.59. The molecule has 0 bridgehead atoms. The normalized spacial score (nSPS) is 20.0. The van der Waals surface area contributed by atoms with E-state index < -0.39 is 0 Å². The zero-order valence-electron chi connectivity index (χ0n) is 17.9. The summed E-state index contributed by atoms with van der Waals surface area (Å²) in [7, 11) is 0. The zero-order valence-corrected chi connectivity index (χ0v) is 18.6. The van der Waals surface area contributed by atoms with Gasteiger partial charge < -0.3 is 14.7 Å². The van der Waals surface area contributed by atoms with Crippen LogP contribution in [0.5, 0.6) is 0 Å². The van der Waals surface area contributed by atoms with Crippen molar-refractivity contribution in [2.75, 3.05) is 37.6 Å². The molecule has 31 heavy (non-hydrogen) atoms. The Balaban J connectivity index is 1.32. The predicted octanol–water partition coefficient (Wildman–Crippen LogP) is 4.21. The number of hydrogen-bond donors (Lipinski definition) is 0. The molecule has 2 saturated heterocycles. The molecule has 1 unspecified atom stereocenters. The van der Waals surface area contributed by atoms with E-state index in [0.29, 0.717) is 26.1 Å². The molecule has 0 saturated carbocycles. The maximum atomic E-state index is 13.2. The minimum absolute atomic E-state index is 0.102. The first-order valence-corrected chi connectivity index (χ1v) is 11.6. The van der Waals surface area contributed by atoms with Crippen molar-refractivity contribution in [2.24, 2.45) is 5.92 Å². The number of likely N-dealkylation sites (tertiary alicyclic amines) is 1. The summed E-state index contributed by atoms with van der Waals surface area (Å²) in [6, 6.07) is 17.9. The lowest BCUT2D eigenvalue weighted by molar-refractivity contribution is -0.141. The topological polar surface area (TPSA) is 43.9 Å². The number of hydrogen-bond acceptors (Lipinski definition) is 3. The Morgan fingerprint density at radius 2 is 1.71 bits per heavy atom. The lowest BCUT2D eigenvalue weighted by Crippen LogP contribution is -2.49. The Bertz CT molecular complexity index is 897. The highest BCUT2D eigenvalue weighted by Gasteiger charge is 2.31. The number of amides is 2. The fourth-order valence-electron chi connectivity index (χ4n) is 4.56.